The van der Waals surface area contributed by atoms with Crippen molar-refractivity contribution in [1.82, 2.24) is 10.4 Å². The maximum absolute atomic E-state index is 14.1. The molecule has 0 amide bonds. The second-order valence-corrected chi connectivity index (χ2v) is 4.83. The molecule has 94 valence electrons. The molecule has 1 aromatic heterocycles. The minimum Gasteiger partial charge on any atom is -0.271 e. The molecule has 0 aliphatic rings. The predicted molar refractivity (Wildman–Crippen MR) is 72.2 cm³/mol. The van der Waals surface area contributed by atoms with Crippen LogP contribution in [0, 0.1) is 12.7 Å². The molecule has 1 unspecified atom stereocenters. The van der Waals surface area contributed by atoms with Gasteiger partial charge in [0, 0.05) is 18.0 Å². The molecule has 0 fully saturated rings. The minimum atomic E-state index is -0.420. The highest BCUT2D eigenvalue weighted by atomic mass is 79.9. The highest BCUT2D eigenvalue weighted by molar-refractivity contribution is 9.10. The Labute approximate surface area is 113 Å². The van der Waals surface area contributed by atoms with Gasteiger partial charge in [-0.1, -0.05) is 12.1 Å². The van der Waals surface area contributed by atoms with Crippen LogP contribution in [-0.4, -0.2) is 4.98 Å². The number of hydrogen-bond donors (Lipinski definition) is 2. The second kappa shape index (κ2) is 5.56. The average Bonchev–Trinajstić information content (AvgIpc) is 2.37. The summed E-state index contributed by atoms with van der Waals surface area (Å²) in [5.74, 6) is 5.25. The van der Waals surface area contributed by atoms with Gasteiger partial charge in [0.2, 0.25) is 0 Å². The molecule has 1 aromatic carbocycles. The highest BCUT2D eigenvalue weighted by Crippen LogP contribution is 2.28. The number of aryl methyl sites for hydroxylation is 1. The summed E-state index contributed by atoms with van der Waals surface area (Å²) in [7, 11) is 0. The molecule has 0 bridgehead atoms. The molecule has 2 rings (SSSR count). The number of rotatable bonds is 3. The van der Waals surface area contributed by atoms with Crippen LogP contribution in [0.5, 0.6) is 0 Å². The fraction of sp³-hybridized carbons (Fsp3) is 0.154. The van der Waals surface area contributed by atoms with Crippen molar-refractivity contribution in [2.24, 2.45) is 5.84 Å². The molecule has 1 atom stereocenters. The summed E-state index contributed by atoms with van der Waals surface area (Å²) < 4.78 is 14.5. The Morgan fingerprint density at radius 1 is 1.33 bits per heavy atom. The number of hydrogen-bond acceptors (Lipinski definition) is 3. The van der Waals surface area contributed by atoms with Crippen LogP contribution in [0.15, 0.2) is 41.1 Å². The lowest BCUT2D eigenvalue weighted by Crippen LogP contribution is -2.30. The first-order chi connectivity index (χ1) is 8.65. The molecule has 0 aliphatic carbocycles. The summed E-state index contributed by atoms with van der Waals surface area (Å²) in [4.78, 5) is 4.06. The van der Waals surface area contributed by atoms with E-state index in [0.717, 1.165) is 11.1 Å². The zero-order chi connectivity index (χ0) is 13.1. The summed E-state index contributed by atoms with van der Waals surface area (Å²) in [6.45, 7) is 1.94. The van der Waals surface area contributed by atoms with Crippen molar-refractivity contribution in [3.05, 3.63) is 63.6 Å². The molecule has 3 nitrogen and oxygen atoms in total. The second-order valence-electron chi connectivity index (χ2n) is 3.97. The van der Waals surface area contributed by atoms with Gasteiger partial charge in [0.25, 0.3) is 0 Å². The minimum absolute atomic E-state index is 0.316. The molecule has 1 heterocycles. The van der Waals surface area contributed by atoms with E-state index in [4.69, 9.17) is 5.84 Å². The first-order valence-electron chi connectivity index (χ1n) is 5.45. The van der Waals surface area contributed by atoms with E-state index >= 15 is 0 Å². The van der Waals surface area contributed by atoms with Gasteiger partial charge < -0.3 is 0 Å². The molecule has 2 aromatic rings. The lowest BCUT2D eigenvalue weighted by Gasteiger charge is -2.19. The Kier molecular flexibility index (Phi) is 4.06. The molecule has 0 radical (unpaired) electrons. The largest absolute Gasteiger partial charge is 0.271 e. The lowest BCUT2D eigenvalue weighted by molar-refractivity contribution is 0.554. The van der Waals surface area contributed by atoms with Gasteiger partial charge in [-0.2, -0.15) is 0 Å². The van der Waals surface area contributed by atoms with E-state index in [1.54, 1.807) is 30.6 Å². The quantitative estimate of drug-likeness (QED) is 0.677. The van der Waals surface area contributed by atoms with Crippen LogP contribution in [0.2, 0.25) is 0 Å². The van der Waals surface area contributed by atoms with Crippen molar-refractivity contribution in [2.45, 2.75) is 13.0 Å². The summed E-state index contributed by atoms with van der Waals surface area (Å²) in [6.07, 6.45) is 3.39. The Morgan fingerprint density at radius 2 is 2.11 bits per heavy atom. The van der Waals surface area contributed by atoms with Crippen molar-refractivity contribution in [1.29, 1.82) is 0 Å². The van der Waals surface area contributed by atoms with E-state index in [-0.39, 0.29) is 5.82 Å². The Morgan fingerprint density at radius 3 is 2.78 bits per heavy atom. The van der Waals surface area contributed by atoms with E-state index in [1.165, 1.54) is 0 Å². The summed E-state index contributed by atoms with van der Waals surface area (Å²) in [5.41, 5.74) is 5.00. The molecule has 3 N–H and O–H groups in total. The van der Waals surface area contributed by atoms with Gasteiger partial charge in [0.1, 0.15) is 5.82 Å². The Hall–Kier alpha value is -1.30. The topological polar surface area (TPSA) is 50.9 Å². The molecule has 0 saturated carbocycles. The van der Waals surface area contributed by atoms with Gasteiger partial charge in [-0.15, -0.1) is 0 Å². The third-order valence-electron chi connectivity index (χ3n) is 2.85. The lowest BCUT2D eigenvalue weighted by atomic mass is 9.97. The number of aromatic nitrogens is 1. The van der Waals surface area contributed by atoms with Gasteiger partial charge in [-0.3, -0.25) is 10.8 Å². The van der Waals surface area contributed by atoms with Gasteiger partial charge >= 0.3 is 0 Å². The molecular formula is C13H13BrFN3. The van der Waals surface area contributed by atoms with Gasteiger partial charge in [-0.25, -0.2) is 9.82 Å². The van der Waals surface area contributed by atoms with Crippen LogP contribution in [-0.2, 0) is 0 Å². The number of nitrogens with two attached hydrogens (primary N) is 1. The van der Waals surface area contributed by atoms with Crippen LogP contribution >= 0.6 is 15.9 Å². The zero-order valence-corrected chi connectivity index (χ0v) is 11.4. The Bertz CT molecular complexity index is 560. The Balaban J connectivity index is 2.53. The summed E-state index contributed by atoms with van der Waals surface area (Å²) >= 11 is 3.18. The van der Waals surface area contributed by atoms with Crippen molar-refractivity contribution < 1.29 is 4.39 Å². The van der Waals surface area contributed by atoms with E-state index in [2.05, 4.69) is 26.3 Å². The molecule has 5 heteroatoms. The normalized spacial score (nSPS) is 12.4. The summed E-state index contributed by atoms with van der Waals surface area (Å²) in [5, 5.41) is 0. The van der Waals surface area contributed by atoms with Crippen LogP contribution in [0.3, 0.4) is 0 Å². The first-order valence-corrected chi connectivity index (χ1v) is 6.25. The SMILES string of the molecule is Cc1ccncc1C(NN)c1cccc(Br)c1F. The van der Waals surface area contributed by atoms with Crippen molar-refractivity contribution in [3.8, 4) is 0 Å². The smallest absolute Gasteiger partial charge is 0.142 e. The molecular weight excluding hydrogens is 297 g/mol. The number of nitrogens with one attached hydrogen (secondary N) is 1. The van der Waals surface area contributed by atoms with E-state index in [9.17, 15) is 4.39 Å². The molecule has 0 spiro atoms. The molecule has 0 aliphatic heterocycles. The zero-order valence-electron chi connectivity index (χ0n) is 9.82. The van der Waals surface area contributed by atoms with E-state index in [0.29, 0.717) is 10.0 Å². The third-order valence-corrected chi connectivity index (χ3v) is 3.46. The first kappa shape index (κ1) is 13.1. The molecule has 0 saturated heterocycles. The molecule has 18 heavy (non-hydrogen) atoms. The van der Waals surface area contributed by atoms with E-state index in [1.807, 2.05) is 13.0 Å². The monoisotopic (exact) mass is 309 g/mol. The average molecular weight is 310 g/mol. The van der Waals surface area contributed by atoms with Crippen LogP contribution in [0.4, 0.5) is 4.39 Å². The highest BCUT2D eigenvalue weighted by Gasteiger charge is 2.19. The van der Waals surface area contributed by atoms with Gasteiger partial charge in [-0.05, 0) is 46.1 Å². The number of nitrogens with zero attached hydrogens (tertiary/aromatic N) is 1. The van der Waals surface area contributed by atoms with Crippen molar-refractivity contribution in [2.75, 3.05) is 0 Å². The standard InChI is InChI=1S/C13H13BrFN3/c1-8-5-6-17-7-10(8)13(18-16)9-3-2-4-11(14)12(9)15/h2-7,13,18H,16H2,1H3. The van der Waals surface area contributed by atoms with Crippen molar-refractivity contribution in [3.63, 3.8) is 0 Å². The third kappa shape index (κ3) is 2.43. The predicted octanol–water partition coefficient (Wildman–Crippen LogP) is 2.84. The number of halogens is 2. The summed E-state index contributed by atoms with van der Waals surface area (Å²) in [6, 6.07) is 6.59. The van der Waals surface area contributed by atoms with Crippen LogP contribution < -0.4 is 11.3 Å². The number of benzene rings is 1. The van der Waals surface area contributed by atoms with Gasteiger partial charge in [0.15, 0.2) is 0 Å². The van der Waals surface area contributed by atoms with Crippen molar-refractivity contribution >= 4 is 15.9 Å². The number of hydrazine groups is 1. The number of pyridine rings is 1. The van der Waals surface area contributed by atoms with Crippen LogP contribution in [0.25, 0.3) is 0 Å². The maximum atomic E-state index is 14.1. The fourth-order valence-electron chi connectivity index (χ4n) is 1.87. The maximum Gasteiger partial charge on any atom is 0.142 e. The van der Waals surface area contributed by atoms with Crippen LogP contribution in [0.1, 0.15) is 22.7 Å². The fourth-order valence-corrected chi connectivity index (χ4v) is 2.25. The van der Waals surface area contributed by atoms with Gasteiger partial charge in [0.05, 0.1) is 10.5 Å². The van der Waals surface area contributed by atoms with E-state index < -0.39 is 6.04 Å².